The van der Waals surface area contributed by atoms with Crippen molar-refractivity contribution in [1.82, 2.24) is 0 Å². The Kier molecular flexibility index (Phi) is 2.75. The summed E-state index contributed by atoms with van der Waals surface area (Å²) >= 11 is 0. The van der Waals surface area contributed by atoms with Gasteiger partial charge in [-0.25, -0.2) is 9.59 Å². The molecule has 1 aliphatic rings. The van der Waals surface area contributed by atoms with Crippen LogP contribution in [0.3, 0.4) is 0 Å². The third kappa shape index (κ3) is 1.84. The van der Waals surface area contributed by atoms with E-state index in [0.717, 1.165) is 0 Å². The largest absolute Gasteiger partial charge is 0.507 e. The second kappa shape index (κ2) is 4.08. The monoisotopic (exact) mass is 236 g/mol. The summed E-state index contributed by atoms with van der Waals surface area (Å²) in [6.45, 7) is 1.77. The van der Waals surface area contributed by atoms with Crippen molar-refractivity contribution >= 4 is 11.9 Å². The minimum atomic E-state index is -0.745. The summed E-state index contributed by atoms with van der Waals surface area (Å²) in [5, 5.41) is 9.64. The van der Waals surface area contributed by atoms with Crippen molar-refractivity contribution < 1.29 is 24.2 Å². The fourth-order valence-electron chi connectivity index (χ4n) is 1.94. The summed E-state index contributed by atoms with van der Waals surface area (Å²) in [7, 11) is 1.19. The average molecular weight is 236 g/mol. The number of hydrogen-bond donors (Lipinski definition) is 1. The maximum Gasteiger partial charge on any atom is 0.342 e. The van der Waals surface area contributed by atoms with Crippen LogP contribution in [0, 0.1) is 0 Å². The van der Waals surface area contributed by atoms with Crippen LogP contribution in [0.5, 0.6) is 5.75 Å². The number of rotatable bonds is 1. The quantitative estimate of drug-likeness (QED) is 0.743. The van der Waals surface area contributed by atoms with Crippen LogP contribution < -0.4 is 0 Å². The first-order chi connectivity index (χ1) is 8.04. The Hall–Kier alpha value is -2.04. The standard InChI is InChI=1S/C12H12O5/c1-6-5-7-3-4-8(13)10(11(14)16-2)9(7)12(15)17-6/h3-4,6,13H,5H2,1-2H3. The van der Waals surface area contributed by atoms with Crippen molar-refractivity contribution in [3.63, 3.8) is 0 Å². The van der Waals surface area contributed by atoms with E-state index in [1.165, 1.54) is 13.2 Å². The minimum Gasteiger partial charge on any atom is -0.507 e. The van der Waals surface area contributed by atoms with Crippen LogP contribution >= 0.6 is 0 Å². The molecule has 2 rings (SSSR count). The van der Waals surface area contributed by atoms with Gasteiger partial charge in [-0.1, -0.05) is 6.07 Å². The van der Waals surface area contributed by atoms with Gasteiger partial charge in [0.15, 0.2) is 0 Å². The smallest absolute Gasteiger partial charge is 0.342 e. The van der Waals surface area contributed by atoms with Crippen molar-refractivity contribution in [3.8, 4) is 5.75 Å². The molecule has 0 fully saturated rings. The SMILES string of the molecule is COC(=O)c1c(O)ccc2c1C(=O)OC(C)C2. The van der Waals surface area contributed by atoms with E-state index >= 15 is 0 Å². The molecule has 5 heteroatoms. The van der Waals surface area contributed by atoms with Crippen LogP contribution in [-0.2, 0) is 15.9 Å². The van der Waals surface area contributed by atoms with E-state index in [1.807, 2.05) is 0 Å². The van der Waals surface area contributed by atoms with Crippen molar-refractivity contribution in [2.24, 2.45) is 0 Å². The zero-order valence-electron chi connectivity index (χ0n) is 9.52. The molecule has 0 spiro atoms. The minimum absolute atomic E-state index is 0.106. The molecule has 0 radical (unpaired) electrons. The summed E-state index contributed by atoms with van der Waals surface area (Å²) < 4.78 is 9.60. The van der Waals surface area contributed by atoms with Crippen molar-refractivity contribution in [2.75, 3.05) is 7.11 Å². The van der Waals surface area contributed by atoms with Gasteiger partial charge >= 0.3 is 11.9 Å². The van der Waals surface area contributed by atoms with E-state index in [9.17, 15) is 14.7 Å². The molecular formula is C12H12O5. The van der Waals surface area contributed by atoms with Gasteiger partial charge in [0.2, 0.25) is 0 Å². The van der Waals surface area contributed by atoms with E-state index in [0.29, 0.717) is 12.0 Å². The number of cyclic esters (lactones) is 1. The molecule has 0 saturated heterocycles. The number of phenolic OH excluding ortho intramolecular Hbond substituents is 1. The third-order valence-corrected chi connectivity index (χ3v) is 2.68. The van der Waals surface area contributed by atoms with Crippen LogP contribution in [0.1, 0.15) is 33.2 Å². The average Bonchev–Trinajstić information content (AvgIpc) is 2.28. The summed E-state index contributed by atoms with van der Waals surface area (Å²) in [5.41, 5.74) is 0.670. The molecule has 90 valence electrons. The lowest BCUT2D eigenvalue weighted by Gasteiger charge is -2.23. The predicted octanol–water partition coefficient (Wildman–Crippen LogP) is 1.28. The van der Waals surface area contributed by atoms with Gasteiger partial charge in [-0.15, -0.1) is 0 Å². The number of hydrogen-bond acceptors (Lipinski definition) is 5. The number of methoxy groups -OCH3 is 1. The van der Waals surface area contributed by atoms with Gasteiger partial charge in [0, 0.05) is 6.42 Å². The number of ether oxygens (including phenoxy) is 2. The third-order valence-electron chi connectivity index (χ3n) is 2.68. The van der Waals surface area contributed by atoms with Crippen molar-refractivity contribution in [2.45, 2.75) is 19.4 Å². The zero-order chi connectivity index (χ0) is 12.6. The molecule has 0 aromatic heterocycles. The van der Waals surface area contributed by atoms with Gasteiger partial charge in [0.05, 0.1) is 12.7 Å². The lowest BCUT2D eigenvalue weighted by atomic mass is 9.94. The molecule has 1 N–H and O–H groups in total. The van der Waals surface area contributed by atoms with E-state index in [4.69, 9.17) is 4.74 Å². The second-order valence-electron chi connectivity index (χ2n) is 3.91. The Balaban J connectivity index is 2.64. The maximum absolute atomic E-state index is 11.7. The Bertz CT molecular complexity index is 492. The Morgan fingerprint density at radius 3 is 2.88 bits per heavy atom. The van der Waals surface area contributed by atoms with Crippen LogP contribution in [0.15, 0.2) is 12.1 Å². The van der Waals surface area contributed by atoms with Crippen LogP contribution in [0.25, 0.3) is 0 Å². The van der Waals surface area contributed by atoms with Crippen LogP contribution in [0.2, 0.25) is 0 Å². The normalized spacial score (nSPS) is 18.2. The summed E-state index contributed by atoms with van der Waals surface area (Å²) in [4.78, 5) is 23.3. The molecule has 17 heavy (non-hydrogen) atoms. The van der Waals surface area contributed by atoms with Crippen LogP contribution in [0.4, 0.5) is 0 Å². The molecular weight excluding hydrogens is 224 g/mol. The fraction of sp³-hybridized carbons (Fsp3) is 0.333. The highest BCUT2D eigenvalue weighted by molar-refractivity contribution is 6.06. The molecule has 1 aromatic rings. The predicted molar refractivity (Wildman–Crippen MR) is 58.0 cm³/mol. The van der Waals surface area contributed by atoms with Gasteiger partial charge in [-0.3, -0.25) is 0 Å². The molecule has 0 bridgehead atoms. The van der Waals surface area contributed by atoms with Gasteiger partial charge in [0.25, 0.3) is 0 Å². The molecule has 1 aromatic carbocycles. The van der Waals surface area contributed by atoms with E-state index in [1.54, 1.807) is 13.0 Å². The molecule has 0 amide bonds. The maximum atomic E-state index is 11.7. The van der Waals surface area contributed by atoms with Gasteiger partial charge in [-0.2, -0.15) is 0 Å². The Morgan fingerprint density at radius 1 is 1.53 bits per heavy atom. The van der Waals surface area contributed by atoms with Crippen molar-refractivity contribution in [1.29, 1.82) is 0 Å². The van der Waals surface area contributed by atoms with Gasteiger partial charge in [-0.05, 0) is 18.6 Å². The summed E-state index contributed by atoms with van der Waals surface area (Å²) in [6.07, 6.45) is 0.288. The molecule has 0 saturated carbocycles. The number of fused-ring (bicyclic) bond motifs is 1. The lowest BCUT2D eigenvalue weighted by Crippen LogP contribution is -2.27. The fourth-order valence-corrected chi connectivity index (χ4v) is 1.94. The first kappa shape index (κ1) is 11.4. The number of carbonyl (C=O) groups excluding carboxylic acids is 2. The number of phenols is 1. The number of benzene rings is 1. The summed E-state index contributed by atoms with van der Waals surface area (Å²) in [5.74, 6) is -1.62. The Labute approximate surface area is 98.0 Å². The Morgan fingerprint density at radius 2 is 2.24 bits per heavy atom. The summed E-state index contributed by atoms with van der Waals surface area (Å²) in [6, 6.07) is 3.00. The molecule has 0 aliphatic carbocycles. The van der Waals surface area contributed by atoms with Crippen LogP contribution in [-0.4, -0.2) is 30.3 Å². The first-order valence-corrected chi connectivity index (χ1v) is 5.18. The van der Waals surface area contributed by atoms with Crippen molar-refractivity contribution in [3.05, 3.63) is 28.8 Å². The van der Waals surface area contributed by atoms with E-state index < -0.39 is 11.9 Å². The second-order valence-corrected chi connectivity index (χ2v) is 3.91. The molecule has 1 atom stereocenters. The van der Waals surface area contributed by atoms with Gasteiger partial charge in [0.1, 0.15) is 17.4 Å². The molecule has 1 heterocycles. The highest BCUT2D eigenvalue weighted by Crippen LogP contribution is 2.30. The van der Waals surface area contributed by atoms with E-state index in [2.05, 4.69) is 4.74 Å². The molecule has 1 unspecified atom stereocenters. The lowest BCUT2D eigenvalue weighted by molar-refractivity contribution is 0.0291. The number of carbonyl (C=O) groups is 2. The molecule has 5 nitrogen and oxygen atoms in total. The van der Waals surface area contributed by atoms with E-state index in [-0.39, 0.29) is 23.0 Å². The first-order valence-electron chi connectivity index (χ1n) is 5.18. The highest BCUT2D eigenvalue weighted by atomic mass is 16.5. The zero-order valence-corrected chi connectivity index (χ0v) is 9.52. The highest BCUT2D eigenvalue weighted by Gasteiger charge is 2.31. The number of aromatic hydroxyl groups is 1. The number of esters is 2. The topological polar surface area (TPSA) is 72.8 Å². The van der Waals surface area contributed by atoms with Gasteiger partial charge < -0.3 is 14.6 Å². The molecule has 1 aliphatic heterocycles.